The first-order valence-electron chi connectivity index (χ1n) is 6.88. The molecule has 3 heterocycles. The standard InChI is InChI=1S/C12H17N5O4/c18-11(19)3-8-7-21-2-1-16(8)12(20)10-6-17(15-14-10)9-4-13-5-9/h6,8-9,13H,1-5,7H2,(H,18,19). The number of ether oxygens (including phenoxy) is 1. The minimum Gasteiger partial charge on any atom is -0.481 e. The normalized spacial score (nSPS) is 22.9. The van der Waals surface area contributed by atoms with E-state index in [1.54, 1.807) is 10.9 Å². The Morgan fingerprint density at radius 3 is 2.95 bits per heavy atom. The van der Waals surface area contributed by atoms with Crippen LogP contribution in [-0.4, -0.2) is 75.8 Å². The lowest BCUT2D eigenvalue weighted by Crippen LogP contribution is -2.49. The number of nitrogens with one attached hydrogen (secondary N) is 1. The number of morpholine rings is 1. The van der Waals surface area contributed by atoms with Crippen molar-refractivity contribution in [1.29, 1.82) is 0 Å². The number of carbonyl (C=O) groups is 2. The van der Waals surface area contributed by atoms with E-state index in [0.29, 0.717) is 13.2 Å². The molecule has 0 spiro atoms. The van der Waals surface area contributed by atoms with Crippen LogP contribution in [0.15, 0.2) is 6.20 Å². The van der Waals surface area contributed by atoms with Crippen molar-refractivity contribution >= 4 is 11.9 Å². The third-order valence-corrected chi connectivity index (χ3v) is 3.76. The van der Waals surface area contributed by atoms with Gasteiger partial charge in [-0.05, 0) is 0 Å². The Kier molecular flexibility index (Phi) is 3.84. The highest BCUT2D eigenvalue weighted by Crippen LogP contribution is 2.16. The molecule has 2 saturated heterocycles. The van der Waals surface area contributed by atoms with Crippen LogP contribution in [-0.2, 0) is 9.53 Å². The van der Waals surface area contributed by atoms with Gasteiger partial charge >= 0.3 is 5.97 Å². The molecule has 3 rings (SSSR count). The number of rotatable bonds is 4. The lowest BCUT2D eigenvalue weighted by Gasteiger charge is -2.34. The van der Waals surface area contributed by atoms with E-state index in [2.05, 4.69) is 15.6 Å². The van der Waals surface area contributed by atoms with Gasteiger partial charge in [0.15, 0.2) is 5.69 Å². The van der Waals surface area contributed by atoms with Crippen LogP contribution in [0, 0.1) is 0 Å². The minimum absolute atomic E-state index is 0.133. The summed E-state index contributed by atoms with van der Waals surface area (Å²) in [5.41, 5.74) is 0.249. The summed E-state index contributed by atoms with van der Waals surface area (Å²) in [4.78, 5) is 24.9. The van der Waals surface area contributed by atoms with Crippen LogP contribution >= 0.6 is 0 Å². The largest absolute Gasteiger partial charge is 0.481 e. The van der Waals surface area contributed by atoms with E-state index in [1.165, 1.54) is 4.90 Å². The Morgan fingerprint density at radius 2 is 2.29 bits per heavy atom. The van der Waals surface area contributed by atoms with Crippen molar-refractivity contribution in [3.05, 3.63) is 11.9 Å². The van der Waals surface area contributed by atoms with Crippen LogP contribution < -0.4 is 5.32 Å². The molecule has 1 aromatic rings. The molecule has 9 nitrogen and oxygen atoms in total. The second-order valence-electron chi connectivity index (χ2n) is 5.22. The van der Waals surface area contributed by atoms with E-state index in [9.17, 15) is 9.59 Å². The zero-order chi connectivity index (χ0) is 14.8. The fourth-order valence-corrected chi connectivity index (χ4v) is 2.45. The monoisotopic (exact) mass is 295 g/mol. The van der Waals surface area contributed by atoms with Gasteiger partial charge in [-0.25, -0.2) is 4.68 Å². The number of carbonyl (C=O) groups excluding carboxylic acids is 1. The van der Waals surface area contributed by atoms with Crippen molar-refractivity contribution in [1.82, 2.24) is 25.2 Å². The molecule has 1 aromatic heterocycles. The second-order valence-corrected chi connectivity index (χ2v) is 5.22. The van der Waals surface area contributed by atoms with E-state index < -0.39 is 12.0 Å². The first kappa shape index (κ1) is 14.0. The smallest absolute Gasteiger partial charge is 0.305 e. The molecule has 2 aliphatic heterocycles. The van der Waals surface area contributed by atoms with E-state index >= 15 is 0 Å². The SMILES string of the molecule is O=C(O)CC1COCCN1C(=O)c1cn(C2CNC2)nn1. The van der Waals surface area contributed by atoms with Crippen LogP contribution in [0.1, 0.15) is 23.0 Å². The van der Waals surface area contributed by atoms with Gasteiger partial charge in [0.05, 0.1) is 37.9 Å². The molecule has 0 bridgehead atoms. The van der Waals surface area contributed by atoms with Crippen molar-refractivity contribution in [2.24, 2.45) is 0 Å². The highest BCUT2D eigenvalue weighted by molar-refractivity contribution is 5.92. The number of aromatic nitrogens is 3. The lowest BCUT2D eigenvalue weighted by molar-refractivity contribution is -0.139. The molecule has 1 atom stereocenters. The Labute approximate surface area is 120 Å². The molecule has 0 saturated carbocycles. The highest BCUT2D eigenvalue weighted by atomic mass is 16.5. The van der Waals surface area contributed by atoms with Gasteiger partial charge in [0.2, 0.25) is 0 Å². The predicted molar refractivity (Wildman–Crippen MR) is 69.8 cm³/mol. The number of hydrogen-bond acceptors (Lipinski definition) is 6. The van der Waals surface area contributed by atoms with Crippen LogP contribution in [0.5, 0.6) is 0 Å². The molecule has 2 N–H and O–H groups in total. The molecule has 114 valence electrons. The van der Waals surface area contributed by atoms with Crippen molar-refractivity contribution in [2.75, 3.05) is 32.8 Å². The first-order valence-corrected chi connectivity index (χ1v) is 6.88. The molecular weight excluding hydrogens is 278 g/mol. The first-order chi connectivity index (χ1) is 10.1. The molecule has 1 amide bonds. The van der Waals surface area contributed by atoms with Gasteiger partial charge < -0.3 is 20.1 Å². The van der Waals surface area contributed by atoms with E-state index in [-0.39, 0.29) is 30.7 Å². The van der Waals surface area contributed by atoms with E-state index in [1.807, 2.05) is 0 Å². The molecule has 0 aromatic carbocycles. The van der Waals surface area contributed by atoms with Gasteiger partial charge in [-0.15, -0.1) is 5.10 Å². The van der Waals surface area contributed by atoms with Crippen LogP contribution in [0.2, 0.25) is 0 Å². The van der Waals surface area contributed by atoms with E-state index in [0.717, 1.165) is 13.1 Å². The maximum Gasteiger partial charge on any atom is 0.305 e. The summed E-state index contributed by atoms with van der Waals surface area (Å²) in [6.45, 7) is 2.64. The molecular formula is C12H17N5O4. The molecule has 1 unspecified atom stereocenters. The fraction of sp³-hybridized carbons (Fsp3) is 0.667. The van der Waals surface area contributed by atoms with Gasteiger partial charge in [0, 0.05) is 19.6 Å². The van der Waals surface area contributed by atoms with E-state index in [4.69, 9.17) is 9.84 Å². The molecule has 9 heteroatoms. The summed E-state index contributed by atoms with van der Waals surface area (Å²) in [6, 6.07) is -0.224. The van der Waals surface area contributed by atoms with Gasteiger partial charge in [0.25, 0.3) is 5.91 Å². The number of amides is 1. The average Bonchev–Trinajstić information content (AvgIpc) is 2.85. The zero-order valence-electron chi connectivity index (χ0n) is 11.4. The van der Waals surface area contributed by atoms with Gasteiger partial charge in [-0.3, -0.25) is 9.59 Å². The third kappa shape index (κ3) is 2.88. The Balaban J connectivity index is 1.72. The zero-order valence-corrected chi connectivity index (χ0v) is 11.4. The quantitative estimate of drug-likeness (QED) is 0.713. The average molecular weight is 295 g/mol. The number of nitrogens with zero attached hydrogens (tertiary/aromatic N) is 4. The summed E-state index contributed by atoms with van der Waals surface area (Å²) in [5, 5.41) is 19.9. The molecule has 2 aliphatic rings. The number of hydrogen-bond donors (Lipinski definition) is 2. The Hall–Kier alpha value is -2.00. The van der Waals surface area contributed by atoms with Gasteiger partial charge in [-0.2, -0.15) is 0 Å². The molecule has 21 heavy (non-hydrogen) atoms. The van der Waals surface area contributed by atoms with Gasteiger partial charge in [0.1, 0.15) is 0 Å². The molecule has 0 radical (unpaired) electrons. The number of carboxylic acids is 1. The molecule has 2 fully saturated rings. The summed E-state index contributed by atoms with van der Waals surface area (Å²) >= 11 is 0. The van der Waals surface area contributed by atoms with Crippen molar-refractivity contribution in [3.8, 4) is 0 Å². The van der Waals surface area contributed by atoms with Gasteiger partial charge in [-0.1, -0.05) is 5.21 Å². The van der Waals surface area contributed by atoms with Crippen molar-refractivity contribution < 1.29 is 19.4 Å². The topological polar surface area (TPSA) is 110 Å². The van der Waals surface area contributed by atoms with Crippen LogP contribution in [0.3, 0.4) is 0 Å². The summed E-state index contributed by atoms with van der Waals surface area (Å²) in [6.07, 6.45) is 1.49. The third-order valence-electron chi connectivity index (χ3n) is 3.76. The van der Waals surface area contributed by atoms with Crippen molar-refractivity contribution in [3.63, 3.8) is 0 Å². The predicted octanol–water partition coefficient (Wildman–Crippen LogP) is -1.26. The maximum atomic E-state index is 12.5. The second kappa shape index (κ2) is 5.78. The number of carboxylic acid groups (broad SMARTS) is 1. The van der Waals surface area contributed by atoms with Crippen LogP contribution in [0.4, 0.5) is 0 Å². The van der Waals surface area contributed by atoms with Crippen LogP contribution in [0.25, 0.3) is 0 Å². The number of aliphatic carboxylic acids is 1. The lowest BCUT2D eigenvalue weighted by atomic mass is 10.1. The highest BCUT2D eigenvalue weighted by Gasteiger charge is 2.31. The Bertz CT molecular complexity index is 542. The summed E-state index contributed by atoms with van der Waals surface area (Å²) < 4.78 is 6.94. The molecule has 0 aliphatic carbocycles. The maximum absolute atomic E-state index is 12.5. The fourth-order valence-electron chi connectivity index (χ4n) is 2.45. The Morgan fingerprint density at radius 1 is 1.48 bits per heavy atom. The summed E-state index contributed by atoms with van der Waals surface area (Å²) in [7, 11) is 0. The summed E-state index contributed by atoms with van der Waals surface area (Å²) in [5.74, 6) is -1.24. The minimum atomic E-state index is -0.951. The van der Waals surface area contributed by atoms with Crippen molar-refractivity contribution in [2.45, 2.75) is 18.5 Å².